The molecular formula is C26H35N3O6. The second kappa shape index (κ2) is 12.9. The van der Waals surface area contributed by atoms with E-state index in [1.165, 1.54) is 0 Å². The Kier molecular flexibility index (Phi) is 9.60. The fourth-order valence-corrected chi connectivity index (χ4v) is 4.04. The Morgan fingerprint density at radius 3 is 2.06 bits per heavy atom. The fraction of sp³-hybridized carbons (Fsp3) is 0.462. The molecule has 1 saturated heterocycles. The van der Waals surface area contributed by atoms with Gasteiger partial charge in [-0.05, 0) is 30.2 Å². The van der Waals surface area contributed by atoms with Crippen molar-refractivity contribution in [3.05, 3.63) is 47.5 Å². The van der Waals surface area contributed by atoms with Crippen molar-refractivity contribution in [1.82, 2.24) is 15.1 Å². The molecule has 0 aromatic heterocycles. The lowest BCUT2D eigenvalue weighted by Gasteiger charge is -2.34. The van der Waals surface area contributed by atoms with Crippen molar-refractivity contribution in [1.29, 1.82) is 0 Å². The molecule has 0 atom stereocenters. The Labute approximate surface area is 206 Å². The molecule has 1 aliphatic rings. The summed E-state index contributed by atoms with van der Waals surface area (Å²) >= 11 is 0. The highest BCUT2D eigenvalue weighted by Gasteiger charge is 2.22. The smallest absolute Gasteiger partial charge is 0.234 e. The molecule has 0 unspecified atom stereocenters. The van der Waals surface area contributed by atoms with Crippen LogP contribution in [0.4, 0.5) is 0 Å². The van der Waals surface area contributed by atoms with Crippen LogP contribution in [0.15, 0.2) is 36.4 Å². The summed E-state index contributed by atoms with van der Waals surface area (Å²) in [6.45, 7) is 3.18. The van der Waals surface area contributed by atoms with E-state index in [0.717, 1.165) is 16.9 Å². The largest absolute Gasteiger partial charge is 0.497 e. The number of ether oxygens (including phenoxy) is 4. The quantitative estimate of drug-likeness (QED) is 0.522. The number of amides is 2. The maximum absolute atomic E-state index is 12.6. The summed E-state index contributed by atoms with van der Waals surface area (Å²) in [4.78, 5) is 29.1. The average Bonchev–Trinajstić information content (AvgIpc) is 2.90. The molecule has 1 N–H and O–H groups in total. The zero-order valence-corrected chi connectivity index (χ0v) is 21.0. The van der Waals surface area contributed by atoms with E-state index in [9.17, 15) is 9.59 Å². The highest BCUT2D eigenvalue weighted by Crippen LogP contribution is 2.34. The van der Waals surface area contributed by atoms with E-state index in [4.69, 9.17) is 18.9 Å². The Bertz CT molecular complexity index is 987. The van der Waals surface area contributed by atoms with Gasteiger partial charge in [-0.3, -0.25) is 14.5 Å². The van der Waals surface area contributed by atoms with Gasteiger partial charge in [0.1, 0.15) is 11.5 Å². The third kappa shape index (κ3) is 7.26. The van der Waals surface area contributed by atoms with Gasteiger partial charge in [-0.25, -0.2) is 0 Å². The number of aryl methyl sites for hydroxylation is 1. The van der Waals surface area contributed by atoms with Crippen LogP contribution in [-0.2, 0) is 22.6 Å². The fourth-order valence-electron chi connectivity index (χ4n) is 4.04. The van der Waals surface area contributed by atoms with Gasteiger partial charge in [-0.2, -0.15) is 0 Å². The minimum absolute atomic E-state index is 0.0823. The number of hydrogen-bond donors (Lipinski definition) is 1. The predicted molar refractivity (Wildman–Crippen MR) is 132 cm³/mol. The van der Waals surface area contributed by atoms with Gasteiger partial charge in [0, 0.05) is 50.8 Å². The summed E-state index contributed by atoms with van der Waals surface area (Å²) in [6, 6.07) is 11.3. The number of benzene rings is 2. The standard InChI is InChI=1S/C26H35N3O6/c1-32-21-8-5-19(6-9-21)7-10-26(31)29-13-11-28(12-14-29)18-25(30)27-17-20-15-23(34-3)24(35-4)16-22(20)33-2/h5-6,8-9,15-16H,7,10-14,17-18H2,1-4H3,(H,27,30). The lowest BCUT2D eigenvalue weighted by Crippen LogP contribution is -2.51. The maximum Gasteiger partial charge on any atom is 0.234 e. The third-order valence-corrected chi connectivity index (χ3v) is 6.14. The van der Waals surface area contributed by atoms with Crippen LogP contribution in [0.2, 0.25) is 0 Å². The van der Waals surface area contributed by atoms with Crippen molar-refractivity contribution in [2.75, 3.05) is 61.2 Å². The van der Waals surface area contributed by atoms with Crippen molar-refractivity contribution in [2.24, 2.45) is 0 Å². The third-order valence-electron chi connectivity index (χ3n) is 6.14. The van der Waals surface area contributed by atoms with Crippen molar-refractivity contribution >= 4 is 11.8 Å². The number of rotatable bonds is 11. The number of nitrogens with one attached hydrogen (secondary N) is 1. The number of hydrogen-bond acceptors (Lipinski definition) is 7. The van der Waals surface area contributed by atoms with E-state index in [0.29, 0.717) is 62.8 Å². The van der Waals surface area contributed by atoms with Gasteiger partial charge in [-0.15, -0.1) is 0 Å². The van der Waals surface area contributed by atoms with Crippen molar-refractivity contribution in [3.63, 3.8) is 0 Å². The van der Waals surface area contributed by atoms with Crippen molar-refractivity contribution in [2.45, 2.75) is 19.4 Å². The van der Waals surface area contributed by atoms with Gasteiger partial charge >= 0.3 is 0 Å². The van der Waals surface area contributed by atoms with Crippen LogP contribution in [-0.4, -0.2) is 82.8 Å². The molecule has 0 saturated carbocycles. The van der Waals surface area contributed by atoms with Gasteiger partial charge in [0.2, 0.25) is 11.8 Å². The SMILES string of the molecule is COc1ccc(CCC(=O)N2CCN(CC(=O)NCc3cc(OC)c(OC)cc3OC)CC2)cc1. The molecule has 0 bridgehead atoms. The second-order valence-electron chi connectivity index (χ2n) is 8.30. The lowest BCUT2D eigenvalue weighted by atomic mass is 10.1. The number of methoxy groups -OCH3 is 4. The van der Waals surface area contributed by atoms with E-state index < -0.39 is 0 Å². The molecule has 9 heteroatoms. The van der Waals surface area contributed by atoms with Crippen LogP contribution in [0.5, 0.6) is 23.0 Å². The van der Waals surface area contributed by atoms with Crippen LogP contribution in [0.3, 0.4) is 0 Å². The summed E-state index contributed by atoms with van der Waals surface area (Å²) in [6.07, 6.45) is 1.17. The zero-order valence-electron chi connectivity index (χ0n) is 21.0. The van der Waals surface area contributed by atoms with E-state index in [2.05, 4.69) is 10.2 Å². The maximum atomic E-state index is 12.6. The van der Waals surface area contributed by atoms with Crippen LogP contribution in [0.25, 0.3) is 0 Å². The van der Waals surface area contributed by atoms with Gasteiger partial charge in [0.15, 0.2) is 11.5 Å². The number of carbonyl (C=O) groups excluding carboxylic acids is 2. The normalized spacial score (nSPS) is 13.8. The summed E-state index contributed by atoms with van der Waals surface area (Å²) < 4.78 is 21.2. The Morgan fingerprint density at radius 1 is 0.829 bits per heavy atom. The first-order chi connectivity index (χ1) is 17.0. The van der Waals surface area contributed by atoms with Crippen LogP contribution in [0, 0.1) is 0 Å². The molecule has 3 rings (SSSR count). The number of piperazine rings is 1. The van der Waals surface area contributed by atoms with E-state index in [-0.39, 0.29) is 18.4 Å². The number of nitrogens with zero attached hydrogens (tertiary/aromatic N) is 2. The monoisotopic (exact) mass is 485 g/mol. The molecule has 190 valence electrons. The summed E-state index contributed by atoms with van der Waals surface area (Å²) in [5.74, 6) is 2.63. The molecule has 1 fully saturated rings. The highest BCUT2D eigenvalue weighted by molar-refractivity contribution is 5.78. The highest BCUT2D eigenvalue weighted by atomic mass is 16.5. The zero-order chi connectivity index (χ0) is 25.2. The Balaban J connectivity index is 1.41. The van der Waals surface area contributed by atoms with E-state index >= 15 is 0 Å². The topological polar surface area (TPSA) is 89.6 Å². The summed E-state index contributed by atoms with van der Waals surface area (Å²) in [5.41, 5.74) is 1.91. The number of carbonyl (C=O) groups is 2. The molecule has 2 amide bonds. The minimum atomic E-state index is -0.0823. The van der Waals surface area contributed by atoms with Gasteiger partial charge in [0.25, 0.3) is 0 Å². The molecule has 1 aliphatic heterocycles. The first-order valence-electron chi connectivity index (χ1n) is 11.7. The molecular weight excluding hydrogens is 450 g/mol. The summed E-state index contributed by atoms with van der Waals surface area (Å²) in [5, 5.41) is 2.94. The average molecular weight is 486 g/mol. The molecule has 2 aromatic carbocycles. The molecule has 0 spiro atoms. The van der Waals surface area contributed by atoms with Crippen LogP contribution in [0.1, 0.15) is 17.5 Å². The second-order valence-corrected chi connectivity index (χ2v) is 8.30. The first kappa shape index (κ1) is 26.2. The molecule has 1 heterocycles. The van der Waals surface area contributed by atoms with E-state index in [1.54, 1.807) is 40.6 Å². The van der Waals surface area contributed by atoms with Crippen molar-refractivity contribution < 1.29 is 28.5 Å². The molecule has 0 radical (unpaired) electrons. The van der Waals surface area contributed by atoms with Crippen LogP contribution >= 0.6 is 0 Å². The van der Waals surface area contributed by atoms with Crippen molar-refractivity contribution in [3.8, 4) is 23.0 Å². The molecule has 2 aromatic rings. The van der Waals surface area contributed by atoms with E-state index in [1.807, 2.05) is 29.2 Å². The van der Waals surface area contributed by atoms with Gasteiger partial charge < -0.3 is 29.2 Å². The minimum Gasteiger partial charge on any atom is -0.497 e. The van der Waals surface area contributed by atoms with Gasteiger partial charge in [-0.1, -0.05) is 12.1 Å². The predicted octanol–water partition coefficient (Wildman–Crippen LogP) is 2.11. The summed E-state index contributed by atoms with van der Waals surface area (Å²) in [7, 11) is 6.34. The molecule has 35 heavy (non-hydrogen) atoms. The molecule has 9 nitrogen and oxygen atoms in total. The Hall–Kier alpha value is -3.46. The molecule has 0 aliphatic carbocycles. The Morgan fingerprint density at radius 2 is 1.46 bits per heavy atom. The van der Waals surface area contributed by atoms with Crippen LogP contribution < -0.4 is 24.3 Å². The first-order valence-corrected chi connectivity index (χ1v) is 11.7. The lowest BCUT2D eigenvalue weighted by molar-refractivity contribution is -0.133. The van der Waals surface area contributed by atoms with Gasteiger partial charge in [0.05, 0.1) is 35.0 Å².